The molecule has 5 nitrogen and oxygen atoms in total. The van der Waals surface area contributed by atoms with Crippen LogP contribution in [0.1, 0.15) is 27.4 Å². The highest BCUT2D eigenvalue weighted by Gasteiger charge is 2.40. The van der Waals surface area contributed by atoms with Crippen molar-refractivity contribution in [1.29, 1.82) is 0 Å². The summed E-state index contributed by atoms with van der Waals surface area (Å²) in [6, 6.07) is 16.2. The smallest absolute Gasteiger partial charge is 0.416 e. The largest absolute Gasteiger partial charge is 0.497 e. The van der Waals surface area contributed by atoms with E-state index in [2.05, 4.69) is 9.80 Å². The molecule has 10 heteroatoms. The number of ether oxygens (including phenoxy) is 1. The fraction of sp³-hybridized carbons (Fsp3) is 0.367. The molecule has 2 saturated heterocycles. The molecule has 2 heterocycles. The van der Waals surface area contributed by atoms with Crippen molar-refractivity contribution in [1.82, 2.24) is 9.80 Å². The Bertz CT molecular complexity index is 1340. The van der Waals surface area contributed by atoms with Gasteiger partial charge in [-0.15, -0.1) is 0 Å². The molecule has 212 valence electrons. The molecule has 2 aliphatic rings. The van der Waals surface area contributed by atoms with E-state index in [-0.39, 0.29) is 19.0 Å². The van der Waals surface area contributed by atoms with Crippen molar-refractivity contribution in [3.05, 3.63) is 95.1 Å². The molecule has 3 aromatic rings. The van der Waals surface area contributed by atoms with Gasteiger partial charge in [-0.05, 0) is 41.8 Å². The van der Waals surface area contributed by atoms with E-state index in [0.717, 1.165) is 61.9 Å². The molecular weight excluding hydrogens is 529 g/mol. The molecule has 5 rings (SSSR count). The fourth-order valence-electron chi connectivity index (χ4n) is 5.73. The van der Waals surface area contributed by atoms with Gasteiger partial charge in [0, 0.05) is 63.5 Å². The molecule has 2 aliphatic heterocycles. The van der Waals surface area contributed by atoms with Crippen LogP contribution in [-0.2, 0) is 6.18 Å². The maximum Gasteiger partial charge on any atom is 0.416 e. The molecule has 0 radical (unpaired) electrons. The number of amides is 1. The lowest BCUT2D eigenvalue weighted by Crippen LogP contribution is -2.48. The van der Waals surface area contributed by atoms with E-state index < -0.39 is 40.8 Å². The van der Waals surface area contributed by atoms with Crippen molar-refractivity contribution < 1.29 is 31.5 Å². The van der Waals surface area contributed by atoms with Gasteiger partial charge in [-0.1, -0.05) is 30.3 Å². The zero-order chi connectivity index (χ0) is 28.4. The molecule has 2 fully saturated rings. The van der Waals surface area contributed by atoms with E-state index >= 15 is 0 Å². The van der Waals surface area contributed by atoms with Crippen LogP contribution in [-0.4, -0.2) is 68.6 Å². The lowest BCUT2D eigenvalue weighted by atomic mass is 9.87. The number of hydrogen-bond acceptors (Lipinski definition) is 4. The molecule has 40 heavy (non-hydrogen) atoms. The topological polar surface area (TPSA) is 36.0 Å². The van der Waals surface area contributed by atoms with Crippen molar-refractivity contribution in [3.8, 4) is 5.75 Å². The molecular formula is C30H30F5N3O2. The number of piperazine rings is 1. The normalized spacial score (nSPS) is 20.1. The average Bonchev–Trinajstić information content (AvgIpc) is 3.37. The SMILES string of the molecule is COc1cccc(N2CCN(C[C@@H]3CN(C(=O)c4c(F)cccc4F)C[C@H]3c3cccc(C(F)(F)F)c3)CC2)c1. The lowest BCUT2D eigenvalue weighted by Gasteiger charge is -2.38. The van der Waals surface area contributed by atoms with Crippen LogP contribution in [0.5, 0.6) is 5.75 Å². The zero-order valence-electron chi connectivity index (χ0n) is 22.0. The molecule has 0 saturated carbocycles. The Hall–Kier alpha value is -3.66. The molecule has 3 aromatic carbocycles. The number of carbonyl (C=O) groups is 1. The molecule has 0 spiro atoms. The Balaban J connectivity index is 1.35. The Morgan fingerprint density at radius 2 is 1.57 bits per heavy atom. The first-order chi connectivity index (χ1) is 19.1. The summed E-state index contributed by atoms with van der Waals surface area (Å²) >= 11 is 0. The van der Waals surface area contributed by atoms with E-state index in [1.165, 1.54) is 17.0 Å². The first-order valence-electron chi connectivity index (χ1n) is 13.2. The molecule has 2 atom stereocenters. The summed E-state index contributed by atoms with van der Waals surface area (Å²) in [4.78, 5) is 19.1. The number of hydrogen-bond donors (Lipinski definition) is 0. The van der Waals surface area contributed by atoms with Crippen LogP contribution in [0, 0.1) is 17.6 Å². The van der Waals surface area contributed by atoms with Gasteiger partial charge in [-0.2, -0.15) is 13.2 Å². The highest BCUT2D eigenvalue weighted by atomic mass is 19.4. The third-order valence-corrected chi connectivity index (χ3v) is 7.83. The minimum atomic E-state index is -4.51. The van der Waals surface area contributed by atoms with Gasteiger partial charge in [0.2, 0.25) is 0 Å². The minimum Gasteiger partial charge on any atom is -0.497 e. The molecule has 0 aliphatic carbocycles. The summed E-state index contributed by atoms with van der Waals surface area (Å²) in [5.41, 5.74) is 0.1000. The van der Waals surface area contributed by atoms with E-state index in [0.29, 0.717) is 12.1 Å². The third-order valence-electron chi connectivity index (χ3n) is 7.83. The number of halogens is 5. The highest BCUT2D eigenvalue weighted by molar-refractivity contribution is 5.95. The second-order valence-corrected chi connectivity index (χ2v) is 10.3. The number of anilines is 1. The van der Waals surface area contributed by atoms with Gasteiger partial charge in [0.15, 0.2) is 0 Å². The third kappa shape index (κ3) is 5.91. The predicted molar refractivity (Wildman–Crippen MR) is 142 cm³/mol. The van der Waals surface area contributed by atoms with Gasteiger partial charge >= 0.3 is 6.18 Å². The number of methoxy groups -OCH3 is 1. The Kier molecular flexibility index (Phi) is 7.98. The average molecular weight is 560 g/mol. The molecule has 1 amide bonds. The number of rotatable bonds is 6. The Morgan fingerprint density at radius 1 is 0.900 bits per heavy atom. The van der Waals surface area contributed by atoms with Crippen LogP contribution in [0.4, 0.5) is 27.6 Å². The van der Waals surface area contributed by atoms with Crippen molar-refractivity contribution >= 4 is 11.6 Å². The second-order valence-electron chi connectivity index (χ2n) is 10.3. The van der Waals surface area contributed by atoms with Crippen molar-refractivity contribution in [3.63, 3.8) is 0 Å². The van der Waals surface area contributed by atoms with Crippen molar-refractivity contribution in [2.45, 2.75) is 12.1 Å². The van der Waals surface area contributed by atoms with E-state index in [4.69, 9.17) is 4.74 Å². The molecule has 0 unspecified atom stereocenters. The van der Waals surface area contributed by atoms with Gasteiger partial charge in [0.05, 0.1) is 12.7 Å². The fourth-order valence-corrected chi connectivity index (χ4v) is 5.73. The van der Waals surface area contributed by atoms with E-state index in [1.54, 1.807) is 13.2 Å². The summed E-state index contributed by atoms with van der Waals surface area (Å²) in [6.07, 6.45) is -4.51. The zero-order valence-corrected chi connectivity index (χ0v) is 22.0. The lowest BCUT2D eigenvalue weighted by molar-refractivity contribution is -0.137. The van der Waals surface area contributed by atoms with Crippen molar-refractivity contribution in [2.75, 3.05) is 57.8 Å². The van der Waals surface area contributed by atoms with E-state index in [1.807, 2.05) is 24.3 Å². The number of benzene rings is 3. The summed E-state index contributed by atoms with van der Waals surface area (Å²) in [6.45, 7) is 3.73. The first kappa shape index (κ1) is 27.9. The van der Waals surface area contributed by atoms with Crippen LogP contribution < -0.4 is 9.64 Å². The Labute approximate surface area is 229 Å². The second kappa shape index (κ2) is 11.4. The first-order valence-corrected chi connectivity index (χ1v) is 13.2. The monoisotopic (exact) mass is 559 g/mol. The molecule has 0 bridgehead atoms. The van der Waals surface area contributed by atoms with Crippen LogP contribution >= 0.6 is 0 Å². The maximum absolute atomic E-state index is 14.4. The van der Waals surface area contributed by atoms with Crippen LogP contribution in [0.15, 0.2) is 66.7 Å². The van der Waals surface area contributed by atoms with Gasteiger partial charge in [-0.25, -0.2) is 8.78 Å². The highest BCUT2D eigenvalue weighted by Crippen LogP contribution is 2.38. The number of alkyl halides is 3. The molecule has 0 N–H and O–H groups in total. The summed E-state index contributed by atoms with van der Waals surface area (Å²) < 4.78 is 74.7. The van der Waals surface area contributed by atoms with Crippen molar-refractivity contribution in [2.24, 2.45) is 5.92 Å². The minimum absolute atomic E-state index is 0.0718. The number of nitrogens with zero attached hydrogens (tertiary/aromatic N) is 3. The van der Waals surface area contributed by atoms with Gasteiger partial charge in [-0.3, -0.25) is 9.69 Å². The standard InChI is InChI=1S/C30H30F5N3O2/c1-40-24-8-3-7-23(16-24)37-13-11-36(12-14-37)17-21-18-38(29(39)28-26(31)9-4-10-27(28)32)19-25(21)20-5-2-6-22(15-20)30(33,34)35/h2-10,15-16,21,25H,11-14,17-19H2,1H3/t21-,25+/m1/s1. The van der Waals surface area contributed by atoms with Gasteiger partial charge < -0.3 is 14.5 Å². The predicted octanol–water partition coefficient (Wildman–Crippen LogP) is 5.67. The number of likely N-dealkylation sites (tertiary alicyclic amines) is 1. The van der Waals surface area contributed by atoms with Crippen LogP contribution in [0.3, 0.4) is 0 Å². The Morgan fingerprint density at radius 3 is 2.25 bits per heavy atom. The van der Waals surface area contributed by atoms with Gasteiger partial charge in [0.25, 0.3) is 5.91 Å². The maximum atomic E-state index is 14.4. The molecule has 0 aromatic heterocycles. The number of carbonyl (C=O) groups excluding carboxylic acids is 1. The van der Waals surface area contributed by atoms with E-state index in [9.17, 15) is 26.7 Å². The summed E-state index contributed by atoms with van der Waals surface area (Å²) in [7, 11) is 1.62. The quantitative estimate of drug-likeness (QED) is 0.365. The van der Waals surface area contributed by atoms with Gasteiger partial charge in [0.1, 0.15) is 22.9 Å². The van der Waals surface area contributed by atoms with Crippen LogP contribution in [0.25, 0.3) is 0 Å². The summed E-state index contributed by atoms with van der Waals surface area (Å²) in [5, 5.41) is 0. The summed E-state index contributed by atoms with van der Waals surface area (Å²) in [5.74, 6) is -2.58. The van der Waals surface area contributed by atoms with Crippen LogP contribution in [0.2, 0.25) is 0 Å².